The molecule has 3 aliphatic heterocycles. The van der Waals surface area contributed by atoms with Crippen LogP contribution >= 0.6 is 0 Å². The lowest BCUT2D eigenvalue weighted by Gasteiger charge is -2.35. The second-order valence-electron chi connectivity index (χ2n) is 8.37. The molecule has 3 saturated heterocycles. The maximum absolute atomic E-state index is 13.3. The number of amides is 1. The molecule has 0 bridgehead atoms. The summed E-state index contributed by atoms with van der Waals surface area (Å²) in [6.45, 7) is 5.10. The molecule has 4 aliphatic rings. The van der Waals surface area contributed by atoms with Gasteiger partial charge in [-0.25, -0.2) is 4.39 Å². The summed E-state index contributed by atoms with van der Waals surface area (Å²) in [5.41, 5.74) is 0. The summed E-state index contributed by atoms with van der Waals surface area (Å²) in [6.07, 6.45) is 6.34. The molecule has 0 aromatic carbocycles. The van der Waals surface area contributed by atoms with E-state index < -0.39 is 6.17 Å². The Morgan fingerprint density at radius 3 is 2.54 bits per heavy atom. The zero-order valence-corrected chi connectivity index (χ0v) is 14.7. The molecule has 1 saturated carbocycles. The first-order valence-corrected chi connectivity index (χ1v) is 9.94. The monoisotopic (exact) mass is 338 g/mol. The molecule has 0 N–H and O–H groups in total. The molecule has 0 aromatic heterocycles. The van der Waals surface area contributed by atoms with Gasteiger partial charge in [-0.15, -0.1) is 0 Å². The van der Waals surface area contributed by atoms with E-state index in [4.69, 9.17) is 4.74 Å². The van der Waals surface area contributed by atoms with Gasteiger partial charge in [-0.3, -0.25) is 9.69 Å². The van der Waals surface area contributed by atoms with Gasteiger partial charge in [0.05, 0.1) is 13.2 Å². The number of halogens is 1. The second-order valence-corrected chi connectivity index (χ2v) is 8.37. The lowest BCUT2D eigenvalue weighted by Crippen LogP contribution is -2.43. The standard InChI is InChI=1S/C19H31FN2O2/c20-16-5-7-21(8-6-16)19(23)9-14-12-24-13-15-10-22(11-18(14)15)17-3-1-2-4-17/h14-18H,1-13H2/t14-,15-,18+/m1/s1. The Labute approximate surface area is 144 Å². The molecule has 0 radical (unpaired) electrons. The van der Waals surface area contributed by atoms with Crippen LogP contribution in [0.4, 0.5) is 4.39 Å². The van der Waals surface area contributed by atoms with Gasteiger partial charge in [0, 0.05) is 38.6 Å². The summed E-state index contributed by atoms with van der Waals surface area (Å²) in [5.74, 6) is 1.79. The van der Waals surface area contributed by atoms with E-state index in [1.807, 2.05) is 4.90 Å². The average molecular weight is 338 g/mol. The molecule has 24 heavy (non-hydrogen) atoms. The zero-order chi connectivity index (χ0) is 16.5. The van der Waals surface area contributed by atoms with E-state index in [-0.39, 0.29) is 5.91 Å². The Bertz CT molecular complexity index is 447. The van der Waals surface area contributed by atoms with Crippen molar-refractivity contribution in [2.75, 3.05) is 39.4 Å². The number of rotatable bonds is 3. The fourth-order valence-corrected chi connectivity index (χ4v) is 5.36. The normalized spacial score (nSPS) is 36.2. The highest BCUT2D eigenvalue weighted by atomic mass is 19.1. The van der Waals surface area contributed by atoms with Gasteiger partial charge < -0.3 is 9.64 Å². The van der Waals surface area contributed by atoms with Crippen LogP contribution in [0.25, 0.3) is 0 Å². The van der Waals surface area contributed by atoms with Crippen molar-refractivity contribution >= 4 is 5.91 Å². The number of likely N-dealkylation sites (tertiary alicyclic amines) is 2. The molecular formula is C19H31FN2O2. The summed E-state index contributed by atoms with van der Waals surface area (Å²) >= 11 is 0. The lowest BCUT2D eigenvalue weighted by molar-refractivity contribution is -0.136. The lowest BCUT2D eigenvalue weighted by atomic mass is 9.80. The molecular weight excluding hydrogens is 307 g/mol. The number of hydrogen-bond acceptors (Lipinski definition) is 3. The van der Waals surface area contributed by atoms with Crippen LogP contribution in [0.3, 0.4) is 0 Å². The van der Waals surface area contributed by atoms with E-state index in [2.05, 4.69) is 4.90 Å². The molecule has 1 aliphatic carbocycles. The van der Waals surface area contributed by atoms with Crippen molar-refractivity contribution in [3.8, 4) is 0 Å². The van der Waals surface area contributed by atoms with Crippen LogP contribution < -0.4 is 0 Å². The number of hydrogen-bond donors (Lipinski definition) is 0. The highest BCUT2D eigenvalue weighted by molar-refractivity contribution is 5.76. The van der Waals surface area contributed by atoms with Crippen LogP contribution in [0.2, 0.25) is 0 Å². The molecule has 5 heteroatoms. The minimum atomic E-state index is -0.716. The third-order valence-electron chi connectivity index (χ3n) is 6.84. The third kappa shape index (κ3) is 3.48. The van der Waals surface area contributed by atoms with E-state index in [0.29, 0.717) is 50.1 Å². The number of piperidine rings is 1. The second kappa shape index (κ2) is 7.28. The molecule has 0 unspecified atom stereocenters. The number of ether oxygens (including phenoxy) is 1. The fourth-order valence-electron chi connectivity index (χ4n) is 5.36. The van der Waals surface area contributed by atoms with E-state index in [0.717, 1.165) is 32.3 Å². The quantitative estimate of drug-likeness (QED) is 0.792. The van der Waals surface area contributed by atoms with Crippen LogP contribution in [0, 0.1) is 17.8 Å². The molecule has 1 amide bonds. The van der Waals surface area contributed by atoms with Gasteiger partial charge >= 0.3 is 0 Å². The number of alkyl halides is 1. The summed E-state index contributed by atoms with van der Waals surface area (Å²) in [6, 6.07) is 0.774. The van der Waals surface area contributed by atoms with Crippen LogP contribution in [0.5, 0.6) is 0 Å². The smallest absolute Gasteiger partial charge is 0.222 e. The molecule has 4 fully saturated rings. The van der Waals surface area contributed by atoms with E-state index >= 15 is 0 Å². The average Bonchev–Trinajstić information content (AvgIpc) is 3.25. The van der Waals surface area contributed by atoms with Crippen molar-refractivity contribution in [2.24, 2.45) is 17.8 Å². The molecule has 0 spiro atoms. The molecule has 4 nitrogen and oxygen atoms in total. The molecule has 4 rings (SSSR count). The van der Waals surface area contributed by atoms with Crippen LogP contribution in [0.15, 0.2) is 0 Å². The topological polar surface area (TPSA) is 32.8 Å². The van der Waals surface area contributed by atoms with Gasteiger partial charge in [0.15, 0.2) is 0 Å². The van der Waals surface area contributed by atoms with Gasteiger partial charge in [-0.1, -0.05) is 12.8 Å². The highest BCUT2D eigenvalue weighted by Gasteiger charge is 2.44. The van der Waals surface area contributed by atoms with Gasteiger partial charge in [-0.2, -0.15) is 0 Å². The van der Waals surface area contributed by atoms with Gasteiger partial charge in [0.1, 0.15) is 6.17 Å². The van der Waals surface area contributed by atoms with Crippen LogP contribution in [0.1, 0.15) is 44.9 Å². The molecule has 0 aromatic rings. The zero-order valence-electron chi connectivity index (χ0n) is 14.7. The van der Waals surface area contributed by atoms with Crippen molar-refractivity contribution in [2.45, 2.75) is 57.2 Å². The van der Waals surface area contributed by atoms with E-state index in [9.17, 15) is 9.18 Å². The van der Waals surface area contributed by atoms with Gasteiger partial charge in [-0.05, 0) is 43.4 Å². The summed E-state index contributed by atoms with van der Waals surface area (Å²) in [5, 5.41) is 0. The van der Waals surface area contributed by atoms with Crippen molar-refractivity contribution < 1.29 is 13.9 Å². The summed E-state index contributed by atoms with van der Waals surface area (Å²) in [4.78, 5) is 17.2. The largest absolute Gasteiger partial charge is 0.381 e. The van der Waals surface area contributed by atoms with Gasteiger partial charge in [0.25, 0.3) is 0 Å². The molecule has 136 valence electrons. The Morgan fingerprint density at radius 2 is 1.79 bits per heavy atom. The molecule has 3 heterocycles. The maximum atomic E-state index is 13.3. The Kier molecular flexibility index (Phi) is 5.09. The maximum Gasteiger partial charge on any atom is 0.222 e. The van der Waals surface area contributed by atoms with Crippen molar-refractivity contribution in [3.05, 3.63) is 0 Å². The number of nitrogens with zero attached hydrogens (tertiary/aromatic N) is 2. The van der Waals surface area contributed by atoms with Crippen LogP contribution in [-0.2, 0) is 9.53 Å². The summed E-state index contributed by atoms with van der Waals surface area (Å²) in [7, 11) is 0. The minimum absolute atomic E-state index is 0.218. The van der Waals surface area contributed by atoms with E-state index in [1.54, 1.807) is 0 Å². The molecule has 3 atom stereocenters. The third-order valence-corrected chi connectivity index (χ3v) is 6.84. The summed E-state index contributed by atoms with van der Waals surface area (Å²) < 4.78 is 19.1. The fraction of sp³-hybridized carbons (Fsp3) is 0.947. The first-order chi connectivity index (χ1) is 11.7. The first kappa shape index (κ1) is 16.8. The Morgan fingerprint density at radius 1 is 1.04 bits per heavy atom. The number of carbonyl (C=O) groups excluding carboxylic acids is 1. The van der Waals surface area contributed by atoms with Gasteiger partial charge in [0.2, 0.25) is 5.91 Å². The predicted molar refractivity (Wildman–Crippen MR) is 90.4 cm³/mol. The SMILES string of the molecule is O=C(C[C@@H]1COC[C@H]2CN(C3CCCC3)C[C@@H]12)N1CCC(F)CC1. The number of fused-ring (bicyclic) bond motifs is 1. The Balaban J connectivity index is 1.34. The Hall–Kier alpha value is -0.680. The van der Waals surface area contributed by atoms with E-state index in [1.165, 1.54) is 25.7 Å². The highest BCUT2D eigenvalue weighted by Crippen LogP contribution is 2.39. The van der Waals surface area contributed by atoms with Crippen molar-refractivity contribution in [1.29, 1.82) is 0 Å². The number of carbonyl (C=O) groups is 1. The first-order valence-electron chi connectivity index (χ1n) is 9.94. The van der Waals surface area contributed by atoms with Crippen molar-refractivity contribution in [1.82, 2.24) is 9.80 Å². The van der Waals surface area contributed by atoms with Crippen molar-refractivity contribution in [3.63, 3.8) is 0 Å². The predicted octanol–water partition coefficient (Wildman–Crippen LogP) is 2.47. The van der Waals surface area contributed by atoms with Crippen LogP contribution in [-0.4, -0.2) is 67.3 Å². The minimum Gasteiger partial charge on any atom is -0.381 e.